The second-order valence-corrected chi connectivity index (χ2v) is 7.54. The molecule has 2 N–H and O–H groups in total. The van der Waals surface area contributed by atoms with Crippen LogP contribution in [0.5, 0.6) is 5.75 Å². The van der Waals surface area contributed by atoms with Crippen LogP contribution in [0.4, 0.5) is 5.69 Å². The molecular weight excluding hydrogens is 376 g/mol. The van der Waals surface area contributed by atoms with Crippen molar-refractivity contribution in [1.29, 1.82) is 0 Å². The highest BCUT2D eigenvalue weighted by Gasteiger charge is 2.21. The number of unbranched alkanes of at least 4 members (excludes halogenated alkanes) is 1. The van der Waals surface area contributed by atoms with Crippen LogP contribution in [-0.2, 0) is 11.3 Å². The van der Waals surface area contributed by atoms with Crippen LogP contribution in [0.15, 0.2) is 53.5 Å². The van der Waals surface area contributed by atoms with E-state index in [2.05, 4.69) is 46.8 Å². The van der Waals surface area contributed by atoms with Gasteiger partial charge in [-0.25, -0.2) is 0 Å². The van der Waals surface area contributed by atoms with E-state index >= 15 is 0 Å². The molecule has 6 nitrogen and oxygen atoms in total. The third-order valence-electron chi connectivity index (χ3n) is 5.16. The summed E-state index contributed by atoms with van der Waals surface area (Å²) in [6.45, 7) is 5.13. The second-order valence-electron chi connectivity index (χ2n) is 7.54. The lowest BCUT2D eigenvalue weighted by Crippen LogP contribution is -2.37. The SMILES string of the molecule is CN=C(NCCCCOc1ccc(C)cc1)NCc1ccc(N2CCCC2=O)cc1. The van der Waals surface area contributed by atoms with Crippen LogP contribution in [0.3, 0.4) is 0 Å². The van der Waals surface area contributed by atoms with Gasteiger partial charge in [-0.1, -0.05) is 29.8 Å². The summed E-state index contributed by atoms with van der Waals surface area (Å²) in [5, 5.41) is 6.67. The Morgan fingerprint density at radius 2 is 1.83 bits per heavy atom. The second kappa shape index (κ2) is 11.2. The van der Waals surface area contributed by atoms with E-state index in [9.17, 15) is 4.79 Å². The fourth-order valence-corrected chi connectivity index (χ4v) is 3.38. The molecule has 6 heteroatoms. The van der Waals surface area contributed by atoms with Gasteiger partial charge >= 0.3 is 0 Å². The number of carbonyl (C=O) groups excluding carboxylic acids is 1. The smallest absolute Gasteiger partial charge is 0.227 e. The van der Waals surface area contributed by atoms with Crippen LogP contribution in [0, 0.1) is 6.92 Å². The minimum atomic E-state index is 0.217. The number of aryl methyl sites for hydroxylation is 1. The first-order valence-electron chi connectivity index (χ1n) is 10.7. The van der Waals surface area contributed by atoms with Crippen molar-refractivity contribution in [2.24, 2.45) is 4.99 Å². The van der Waals surface area contributed by atoms with E-state index in [4.69, 9.17) is 4.74 Å². The predicted octanol–water partition coefficient (Wildman–Crippen LogP) is 3.65. The fraction of sp³-hybridized carbons (Fsp3) is 0.417. The average molecular weight is 409 g/mol. The lowest BCUT2D eigenvalue weighted by molar-refractivity contribution is -0.117. The van der Waals surface area contributed by atoms with Gasteiger partial charge in [0.2, 0.25) is 5.91 Å². The number of guanidine groups is 1. The van der Waals surface area contributed by atoms with Gasteiger partial charge in [-0.15, -0.1) is 0 Å². The van der Waals surface area contributed by atoms with E-state index in [1.54, 1.807) is 7.05 Å². The topological polar surface area (TPSA) is 66.0 Å². The van der Waals surface area contributed by atoms with Crippen LogP contribution < -0.4 is 20.3 Å². The Morgan fingerprint density at radius 1 is 1.07 bits per heavy atom. The van der Waals surface area contributed by atoms with Gasteiger partial charge in [0.1, 0.15) is 5.75 Å². The number of hydrogen-bond acceptors (Lipinski definition) is 3. The zero-order chi connectivity index (χ0) is 21.2. The summed E-state index contributed by atoms with van der Waals surface area (Å²) in [4.78, 5) is 18.0. The van der Waals surface area contributed by atoms with Crippen molar-refractivity contribution in [2.75, 3.05) is 31.6 Å². The van der Waals surface area contributed by atoms with Gasteiger partial charge in [0.15, 0.2) is 5.96 Å². The Kier molecular flexibility index (Phi) is 8.12. The van der Waals surface area contributed by atoms with Gasteiger partial charge in [-0.3, -0.25) is 9.79 Å². The number of aliphatic imine (C=N–C) groups is 1. The Hall–Kier alpha value is -3.02. The molecule has 2 aromatic rings. The summed E-state index contributed by atoms with van der Waals surface area (Å²) in [7, 11) is 1.78. The summed E-state index contributed by atoms with van der Waals surface area (Å²) < 4.78 is 5.75. The van der Waals surface area contributed by atoms with Gasteiger partial charge < -0.3 is 20.3 Å². The molecule has 0 unspecified atom stereocenters. The van der Waals surface area contributed by atoms with E-state index in [0.29, 0.717) is 19.6 Å². The molecule has 1 saturated heterocycles. The highest BCUT2D eigenvalue weighted by Crippen LogP contribution is 2.21. The van der Waals surface area contributed by atoms with Crippen molar-refractivity contribution in [3.8, 4) is 5.75 Å². The Balaban J connectivity index is 1.31. The van der Waals surface area contributed by atoms with Crippen LogP contribution in [0.2, 0.25) is 0 Å². The van der Waals surface area contributed by atoms with Gasteiger partial charge in [0.05, 0.1) is 6.61 Å². The van der Waals surface area contributed by atoms with Crippen molar-refractivity contribution < 1.29 is 9.53 Å². The molecule has 30 heavy (non-hydrogen) atoms. The molecule has 160 valence electrons. The zero-order valence-electron chi connectivity index (χ0n) is 18.0. The molecule has 1 aliphatic heterocycles. The summed E-state index contributed by atoms with van der Waals surface area (Å²) in [5.74, 6) is 1.93. The first-order valence-corrected chi connectivity index (χ1v) is 10.7. The number of amides is 1. The molecule has 1 amide bonds. The predicted molar refractivity (Wildman–Crippen MR) is 122 cm³/mol. The number of ether oxygens (including phenoxy) is 1. The van der Waals surface area contributed by atoms with Crippen molar-refractivity contribution in [1.82, 2.24) is 10.6 Å². The average Bonchev–Trinajstić information content (AvgIpc) is 3.20. The van der Waals surface area contributed by atoms with Gasteiger partial charge in [0.25, 0.3) is 0 Å². The molecular formula is C24H32N4O2. The van der Waals surface area contributed by atoms with Crippen molar-refractivity contribution in [2.45, 2.75) is 39.2 Å². The molecule has 0 radical (unpaired) electrons. The number of nitrogens with one attached hydrogen (secondary N) is 2. The third-order valence-corrected chi connectivity index (χ3v) is 5.16. The van der Waals surface area contributed by atoms with E-state index in [-0.39, 0.29) is 5.91 Å². The molecule has 2 aromatic carbocycles. The number of carbonyl (C=O) groups is 1. The first kappa shape index (κ1) is 21.7. The summed E-state index contributed by atoms with van der Waals surface area (Å²) in [6.07, 6.45) is 3.59. The highest BCUT2D eigenvalue weighted by molar-refractivity contribution is 5.95. The van der Waals surface area contributed by atoms with E-state index in [0.717, 1.165) is 55.3 Å². The largest absolute Gasteiger partial charge is 0.494 e. The Labute approximate surface area is 179 Å². The number of anilines is 1. The molecule has 1 heterocycles. The minimum Gasteiger partial charge on any atom is -0.494 e. The first-order chi connectivity index (χ1) is 14.7. The molecule has 1 fully saturated rings. The van der Waals surface area contributed by atoms with Crippen LogP contribution >= 0.6 is 0 Å². The Bertz CT molecular complexity index is 831. The molecule has 0 atom stereocenters. The quantitative estimate of drug-likeness (QED) is 0.378. The van der Waals surface area contributed by atoms with Crippen molar-refractivity contribution in [3.63, 3.8) is 0 Å². The molecule has 1 aliphatic rings. The number of nitrogens with zero attached hydrogens (tertiary/aromatic N) is 2. The van der Waals surface area contributed by atoms with Crippen molar-refractivity contribution in [3.05, 3.63) is 59.7 Å². The lowest BCUT2D eigenvalue weighted by atomic mass is 10.2. The van der Waals surface area contributed by atoms with Gasteiger partial charge in [-0.2, -0.15) is 0 Å². The molecule has 0 saturated carbocycles. The highest BCUT2D eigenvalue weighted by atomic mass is 16.5. The number of rotatable bonds is 9. The fourth-order valence-electron chi connectivity index (χ4n) is 3.38. The summed E-state index contributed by atoms with van der Waals surface area (Å²) >= 11 is 0. The monoisotopic (exact) mass is 408 g/mol. The minimum absolute atomic E-state index is 0.217. The van der Waals surface area contributed by atoms with E-state index in [1.807, 2.05) is 29.2 Å². The van der Waals surface area contributed by atoms with E-state index < -0.39 is 0 Å². The Morgan fingerprint density at radius 3 is 2.50 bits per heavy atom. The molecule has 3 rings (SSSR count). The normalized spacial score (nSPS) is 14.1. The summed E-state index contributed by atoms with van der Waals surface area (Å²) in [6, 6.07) is 16.3. The van der Waals surface area contributed by atoms with Gasteiger partial charge in [-0.05, 0) is 56.0 Å². The summed E-state index contributed by atoms with van der Waals surface area (Å²) in [5.41, 5.74) is 3.37. The maximum absolute atomic E-state index is 11.8. The maximum atomic E-state index is 11.8. The molecule has 0 aromatic heterocycles. The van der Waals surface area contributed by atoms with Crippen LogP contribution in [0.1, 0.15) is 36.8 Å². The van der Waals surface area contributed by atoms with Crippen molar-refractivity contribution >= 4 is 17.6 Å². The number of benzene rings is 2. The standard InChI is InChI=1S/C24H32N4O2/c1-19-7-13-22(14-8-19)30-17-4-3-15-26-24(25-2)27-18-20-9-11-21(12-10-20)28-16-5-6-23(28)29/h7-14H,3-6,15-18H2,1-2H3,(H2,25,26,27). The van der Waals surface area contributed by atoms with Crippen LogP contribution in [0.25, 0.3) is 0 Å². The number of hydrogen-bond donors (Lipinski definition) is 2. The molecule has 0 spiro atoms. The zero-order valence-corrected chi connectivity index (χ0v) is 18.0. The maximum Gasteiger partial charge on any atom is 0.227 e. The van der Waals surface area contributed by atoms with Crippen LogP contribution in [-0.4, -0.2) is 38.6 Å². The third kappa shape index (κ3) is 6.51. The lowest BCUT2D eigenvalue weighted by Gasteiger charge is -2.16. The molecule has 0 bridgehead atoms. The van der Waals surface area contributed by atoms with Gasteiger partial charge in [0, 0.05) is 38.8 Å². The molecule has 0 aliphatic carbocycles. The van der Waals surface area contributed by atoms with E-state index in [1.165, 1.54) is 5.56 Å².